The van der Waals surface area contributed by atoms with E-state index >= 15 is 0 Å². The molecule has 1 heterocycles. The predicted molar refractivity (Wildman–Crippen MR) is 105 cm³/mol. The lowest BCUT2D eigenvalue weighted by atomic mass is 10.0. The Labute approximate surface area is 162 Å². The summed E-state index contributed by atoms with van der Waals surface area (Å²) in [6.45, 7) is 1.66. The van der Waals surface area contributed by atoms with E-state index in [0.717, 1.165) is 34.3 Å². The van der Waals surface area contributed by atoms with Crippen molar-refractivity contribution in [2.24, 2.45) is 7.05 Å². The Hall–Kier alpha value is -2.66. The molecule has 27 heavy (non-hydrogen) atoms. The molecule has 4 rings (SSSR count). The summed E-state index contributed by atoms with van der Waals surface area (Å²) in [7, 11) is 1.50. The number of carbonyl (C=O) groups excluding carboxylic acids is 1. The molecule has 0 N–H and O–H groups in total. The molecule has 0 unspecified atom stereocenters. The average Bonchev–Trinajstić information content (AvgIpc) is 3.44. The van der Waals surface area contributed by atoms with Crippen molar-refractivity contribution in [1.82, 2.24) is 9.78 Å². The van der Waals surface area contributed by atoms with Gasteiger partial charge in [0, 0.05) is 23.7 Å². The molecule has 1 fully saturated rings. The third-order valence-corrected chi connectivity index (χ3v) is 5.07. The van der Waals surface area contributed by atoms with E-state index in [0.29, 0.717) is 10.7 Å². The van der Waals surface area contributed by atoms with E-state index in [2.05, 4.69) is 5.10 Å². The molecule has 1 aliphatic rings. The molecule has 6 heteroatoms. The van der Waals surface area contributed by atoms with Crippen LogP contribution in [-0.2, 0) is 7.05 Å². The fourth-order valence-corrected chi connectivity index (χ4v) is 3.48. The van der Waals surface area contributed by atoms with E-state index < -0.39 is 5.95 Å². The minimum atomic E-state index is -0.605. The summed E-state index contributed by atoms with van der Waals surface area (Å²) in [5, 5.41) is 4.71. The van der Waals surface area contributed by atoms with Crippen LogP contribution in [0.4, 0.5) is 10.1 Å². The second-order valence-electron chi connectivity index (χ2n) is 6.81. The third-order valence-electron chi connectivity index (χ3n) is 4.82. The molecule has 0 spiro atoms. The Kier molecular flexibility index (Phi) is 4.48. The summed E-state index contributed by atoms with van der Waals surface area (Å²) in [4.78, 5) is 15.1. The van der Waals surface area contributed by atoms with Crippen LogP contribution in [0, 0.1) is 12.9 Å². The number of anilines is 1. The number of carbonyl (C=O) groups is 1. The second-order valence-corrected chi connectivity index (χ2v) is 7.24. The first kappa shape index (κ1) is 17.7. The van der Waals surface area contributed by atoms with Crippen molar-refractivity contribution in [1.29, 1.82) is 0 Å². The maximum absolute atomic E-state index is 14.5. The molecule has 0 saturated heterocycles. The summed E-state index contributed by atoms with van der Waals surface area (Å²) < 4.78 is 15.6. The number of aryl methyl sites for hydroxylation is 2. The number of hydrogen-bond donors (Lipinski definition) is 0. The fourth-order valence-electron chi connectivity index (χ4n) is 3.36. The molecule has 1 aromatic heterocycles. The highest BCUT2D eigenvalue weighted by molar-refractivity contribution is 6.30. The highest BCUT2D eigenvalue weighted by Crippen LogP contribution is 2.39. The summed E-state index contributed by atoms with van der Waals surface area (Å²) in [6.07, 6.45) is 1.81. The van der Waals surface area contributed by atoms with Gasteiger partial charge in [-0.05, 0) is 43.5 Å². The van der Waals surface area contributed by atoms with Crippen LogP contribution in [0.1, 0.15) is 28.9 Å². The van der Waals surface area contributed by atoms with Gasteiger partial charge in [0.25, 0.3) is 5.91 Å². The van der Waals surface area contributed by atoms with Crippen LogP contribution >= 0.6 is 11.6 Å². The van der Waals surface area contributed by atoms with Gasteiger partial charge < -0.3 is 4.90 Å². The van der Waals surface area contributed by atoms with E-state index in [1.165, 1.54) is 7.05 Å². The monoisotopic (exact) mass is 383 g/mol. The number of nitrogens with zero attached hydrogens (tertiary/aromatic N) is 3. The topological polar surface area (TPSA) is 38.1 Å². The first-order valence-electron chi connectivity index (χ1n) is 8.85. The molecule has 0 radical (unpaired) electrons. The van der Waals surface area contributed by atoms with Gasteiger partial charge in [0.15, 0.2) is 0 Å². The number of halogens is 2. The number of rotatable bonds is 4. The van der Waals surface area contributed by atoms with Crippen molar-refractivity contribution < 1.29 is 9.18 Å². The van der Waals surface area contributed by atoms with Gasteiger partial charge in [-0.15, -0.1) is 0 Å². The van der Waals surface area contributed by atoms with E-state index in [1.807, 2.05) is 48.5 Å². The van der Waals surface area contributed by atoms with Crippen molar-refractivity contribution in [3.8, 4) is 11.1 Å². The van der Waals surface area contributed by atoms with Gasteiger partial charge in [-0.25, -0.2) is 4.68 Å². The van der Waals surface area contributed by atoms with E-state index in [4.69, 9.17) is 11.6 Å². The van der Waals surface area contributed by atoms with Crippen molar-refractivity contribution >= 4 is 23.2 Å². The molecule has 2 aromatic carbocycles. The van der Waals surface area contributed by atoms with Crippen LogP contribution < -0.4 is 4.90 Å². The van der Waals surface area contributed by atoms with Gasteiger partial charge in [-0.1, -0.05) is 41.9 Å². The largest absolute Gasteiger partial charge is 0.304 e. The van der Waals surface area contributed by atoms with Crippen LogP contribution in [0.25, 0.3) is 11.1 Å². The minimum Gasteiger partial charge on any atom is -0.304 e. The zero-order chi connectivity index (χ0) is 19.1. The molecule has 0 aliphatic heterocycles. The number of amides is 1. The molecule has 1 aliphatic carbocycles. The third kappa shape index (κ3) is 3.23. The summed E-state index contributed by atoms with van der Waals surface area (Å²) in [5.74, 6) is -0.950. The van der Waals surface area contributed by atoms with E-state index in [-0.39, 0.29) is 17.5 Å². The first-order chi connectivity index (χ1) is 13.0. The quantitative estimate of drug-likeness (QED) is 0.636. The zero-order valence-electron chi connectivity index (χ0n) is 15.1. The van der Waals surface area contributed by atoms with E-state index in [1.54, 1.807) is 11.8 Å². The number of benzene rings is 2. The molecule has 138 valence electrons. The SMILES string of the molecule is Cc1nn(C)c(F)c1C(=O)N(c1ccccc1-c1ccc(Cl)cc1)C1CC1. The predicted octanol–water partition coefficient (Wildman–Crippen LogP) is 5.00. The molecular weight excluding hydrogens is 365 g/mol. The molecule has 0 atom stereocenters. The van der Waals surface area contributed by atoms with Crippen LogP contribution in [0.2, 0.25) is 5.02 Å². The van der Waals surface area contributed by atoms with Crippen molar-refractivity contribution in [2.45, 2.75) is 25.8 Å². The molecule has 1 amide bonds. The Morgan fingerprint density at radius 3 is 2.44 bits per heavy atom. The van der Waals surface area contributed by atoms with Crippen LogP contribution in [0.5, 0.6) is 0 Å². The lowest BCUT2D eigenvalue weighted by Crippen LogP contribution is -2.34. The van der Waals surface area contributed by atoms with Gasteiger partial charge in [0.2, 0.25) is 5.95 Å². The highest BCUT2D eigenvalue weighted by Gasteiger charge is 2.38. The van der Waals surface area contributed by atoms with Crippen LogP contribution in [0.15, 0.2) is 48.5 Å². The normalized spacial score (nSPS) is 13.6. The summed E-state index contributed by atoms with van der Waals surface area (Å²) >= 11 is 6.01. The number of aromatic nitrogens is 2. The summed E-state index contributed by atoms with van der Waals surface area (Å²) in [6, 6.07) is 15.3. The lowest BCUT2D eigenvalue weighted by molar-refractivity contribution is 0.0980. The molecule has 1 saturated carbocycles. The fraction of sp³-hybridized carbons (Fsp3) is 0.238. The van der Waals surface area contributed by atoms with Gasteiger partial charge in [0.05, 0.1) is 11.4 Å². The smallest absolute Gasteiger partial charge is 0.265 e. The van der Waals surface area contributed by atoms with E-state index in [9.17, 15) is 9.18 Å². The maximum atomic E-state index is 14.5. The molecule has 4 nitrogen and oxygen atoms in total. The maximum Gasteiger partial charge on any atom is 0.265 e. The van der Waals surface area contributed by atoms with Crippen molar-refractivity contribution in [3.63, 3.8) is 0 Å². The van der Waals surface area contributed by atoms with Gasteiger partial charge in [0.1, 0.15) is 5.56 Å². The lowest BCUT2D eigenvalue weighted by Gasteiger charge is -2.25. The van der Waals surface area contributed by atoms with Crippen molar-refractivity contribution in [3.05, 3.63) is 70.8 Å². The van der Waals surface area contributed by atoms with Gasteiger partial charge in [-0.3, -0.25) is 4.79 Å². The highest BCUT2D eigenvalue weighted by atomic mass is 35.5. The zero-order valence-corrected chi connectivity index (χ0v) is 15.9. The summed E-state index contributed by atoms with van der Waals surface area (Å²) in [5.41, 5.74) is 3.08. The second kappa shape index (κ2) is 6.82. The Morgan fingerprint density at radius 1 is 1.19 bits per heavy atom. The minimum absolute atomic E-state index is 0.0373. The first-order valence-corrected chi connectivity index (χ1v) is 9.23. The number of hydrogen-bond acceptors (Lipinski definition) is 2. The molecular formula is C21H19ClFN3O. The van der Waals surface area contributed by atoms with Gasteiger partial charge in [-0.2, -0.15) is 9.49 Å². The van der Waals surface area contributed by atoms with Crippen LogP contribution in [0.3, 0.4) is 0 Å². The Morgan fingerprint density at radius 2 is 1.85 bits per heavy atom. The van der Waals surface area contributed by atoms with Gasteiger partial charge >= 0.3 is 0 Å². The Bertz CT molecular complexity index is 1010. The average molecular weight is 384 g/mol. The van der Waals surface area contributed by atoms with Crippen LogP contribution in [-0.4, -0.2) is 21.7 Å². The Balaban J connectivity index is 1.82. The molecule has 0 bridgehead atoms. The standard InChI is InChI=1S/C21H19ClFN3O/c1-13-19(20(23)25(2)24-13)21(27)26(16-11-12-16)18-6-4-3-5-17(18)14-7-9-15(22)10-8-14/h3-10,16H,11-12H2,1-2H3. The van der Waals surface area contributed by atoms with Crippen molar-refractivity contribution in [2.75, 3.05) is 4.90 Å². The number of para-hydroxylation sites is 1. The molecule has 3 aromatic rings.